The first kappa shape index (κ1) is 15.3. The summed E-state index contributed by atoms with van der Waals surface area (Å²) < 4.78 is 23.5. The van der Waals surface area contributed by atoms with E-state index in [9.17, 15) is 4.21 Å². The second-order valence-electron chi connectivity index (χ2n) is 5.04. The molecule has 1 aliphatic heterocycles. The van der Waals surface area contributed by atoms with Crippen LogP contribution in [-0.2, 0) is 10.8 Å². The van der Waals surface area contributed by atoms with E-state index < -0.39 is 10.8 Å². The van der Waals surface area contributed by atoms with E-state index in [0.717, 1.165) is 35.7 Å². The minimum absolute atomic E-state index is 0.468. The van der Waals surface area contributed by atoms with Crippen molar-refractivity contribution in [2.75, 3.05) is 26.0 Å². The van der Waals surface area contributed by atoms with Crippen LogP contribution in [0.1, 0.15) is 26.2 Å². The number of ether oxygens (including phenoxy) is 2. The maximum absolute atomic E-state index is 12.3. The van der Waals surface area contributed by atoms with Crippen molar-refractivity contribution >= 4 is 10.8 Å². The number of hydrogen-bond acceptors (Lipinski definition) is 4. The molecular formula is C15H23NO3S. The fourth-order valence-corrected chi connectivity index (χ4v) is 3.19. The highest BCUT2D eigenvalue weighted by molar-refractivity contribution is 7.85. The molecule has 4 nitrogen and oxygen atoms in total. The topological polar surface area (TPSA) is 47.6 Å². The highest BCUT2D eigenvalue weighted by atomic mass is 32.2. The molecule has 0 saturated carbocycles. The van der Waals surface area contributed by atoms with E-state index >= 15 is 0 Å². The Bertz CT molecular complexity index is 464. The molecule has 1 heterocycles. The molecule has 112 valence electrons. The smallest absolute Gasteiger partial charge is 0.162 e. The predicted molar refractivity (Wildman–Crippen MR) is 81.1 cm³/mol. The van der Waals surface area contributed by atoms with Crippen LogP contribution in [0.3, 0.4) is 0 Å². The van der Waals surface area contributed by atoms with Gasteiger partial charge in [-0.2, -0.15) is 0 Å². The standard InChI is InChI=1S/C15H23NO3S/c1-12(16-2)5-3-10-20(17)13-6-7-14-15(11-13)19-9-4-8-18-14/h6-7,11-12,16H,3-5,8-10H2,1-2H3. The number of rotatable bonds is 6. The first-order chi connectivity index (χ1) is 9.70. The number of hydrogen-bond donors (Lipinski definition) is 1. The van der Waals surface area contributed by atoms with Crippen LogP contribution in [0.5, 0.6) is 11.5 Å². The van der Waals surface area contributed by atoms with Gasteiger partial charge in [-0.1, -0.05) is 0 Å². The highest BCUT2D eigenvalue weighted by Crippen LogP contribution is 2.31. The summed E-state index contributed by atoms with van der Waals surface area (Å²) in [7, 11) is 0.981. The predicted octanol–water partition coefficient (Wildman–Crippen LogP) is 2.34. The number of nitrogens with one attached hydrogen (secondary N) is 1. The molecule has 2 unspecified atom stereocenters. The van der Waals surface area contributed by atoms with Gasteiger partial charge in [0, 0.05) is 29.2 Å². The van der Waals surface area contributed by atoms with Crippen LogP contribution in [0.15, 0.2) is 23.1 Å². The van der Waals surface area contributed by atoms with Crippen LogP contribution in [0, 0.1) is 0 Å². The van der Waals surface area contributed by atoms with E-state index in [0.29, 0.717) is 25.0 Å². The second kappa shape index (κ2) is 7.64. The summed E-state index contributed by atoms with van der Waals surface area (Å²) in [6, 6.07) is 6.07. The van der Waals surface area contributed by atoms with Gasteiger partial charge in [-0.05, 0) is 38.9 Å². The van der Waals surface area contributed by atoms with Crippen molar-refractivity contribution in [1.29, 1.82) is 0 Å². The SMILES string of the molecule is CNC(C)CCCS(=O)c1ccc2c(c1)OCCCO2. The molecule has 0 bridgehead atoms. The first-order valence-electron chi connectivity index (χ1n) is 7.16. The van der Waals surface area contributed by atoms with E-state index in [1.54, 1.807) is 0 Å². The van der Waals surface area contributed by atoms with E-state index in [-0.39, 0.29) is 0 Å². The molecule has 0 aliphatic carbocycles. The zero-order valence-corrected chi connectivity index (χ0v) is 13.0. The van der Waals surface area contributed by atoms with Gasteiger partial charge < -0.3 is 14.8 Å². The third-order valence-electron chi connectivity index (χ3n) is 3.44. The largest absolute Gasteiger partial charge is 0.490 e. The fraction of sp³-hybridized carbons (Fsp3) is 0.600. The normalized spacial score (nSPS) is 17.3. The molecule has 1 aromatic rings. The fourth-order valence-electron chi connectivity index (χ4n) is 2.07. The van der Waals surface area contributed by atoms with Crippen LogP contribution < -0.4 is 14.8 Å². The lowest BCUT2D eigenvalue weighted by atomic mass is 10.2. The van der Waals surface area contributed by atoms with Gasteiger partial charge in [0.1, 0.15) is 0 Å². The van der Waals surface area contributed by atoms with Crippen molar-refractivity contribution in [2.45, 2.75) is 37.1 Å². The zero-order valence-electron chi connectivity index (χ0n) is 12.2. The van der Waals surface area contributed by atoms with Crippen molar-refractivity contribution in [2.24, 2.45) is 0 Å². The molecule has 0 fully saturated rings. The minimum atomic E-state index is -0.969. The van der Waals surface area contributed by atoms with Crippen molar-refractivity contribution in [3.05, 3.63) is 18.2 Å². The molecule has 1 aliphatic rings. The lowest BCUT2D eigenvalue weighted by molar-refractivity contribution is 0.297. The Morgan fingerprint density at radius 1 is 1.30 bits per heavy atom. The molecule has 2 rings (SSSR count). The quantitative estimate of drug-likeness (QED) is 0.875. The Morgan fingerprint density at radius 3 is 2.80 bits per heavy atom. The van der Waals surface area contributed by atoms with Gasteiger partial charge in [0.25, 0.3) is 0 Å². The van der Waals surface area contributed by atoms with Gasteiger partial charge >= 0.3 is 0 Å². The molecule has 0 saturated heterocycles. The van der Waals surface area contributed by atoms with E-state index in [1.807, 2.05) is 25.2 Å². The van der Waals surface area contributed by atoms with Gasteiger partial charge in [-0.3, -0.25) is 4.21 Å². The van der Waals surface area contributed by atoms with Gasteiger partial charge in [0.15, 0.2) is 11.5 Å². The molecule has 20 heavy (non-hydrogen) atoms. The second-order valence-corrected chi connectivity index (χ2v) is 6.61. The molecule has 0 aromatic heterocycles. The summed E-state index contributed by atoms with van der Waals surface area (Å²) in [6.07, 6.45) is 2.87. The number of benzene rings is 1. The van der Waals surface area contributed by atoms with E-state index in [4.69, 9.17) is 9.47 Å². The summed E-state index contributed by atoms with van der Waals surface area (Å²) >= 11 is 0. The Labute approximate surface area is 123 Å². The molecule has 2 atom stereocenters. The Hall–Kier alpha value is -1.07. The van der Waals surface area contributed by atoms with Crippen molar-refractivity contribution in [3.8, 4) is 11.5 Å². The maximum Gasteiger partial charge on any atom is 0.162 e. The lowest BCUT2D eigenvalue weighted by Crippen LogP contribution is -2.21. The van der Waals surface area contributed by atoms with Gasteiger partial charge in [-0.25, -0.2) is 0 Å². The van der Waals surface area contributed by atoms with Gasteiger partial charge in [0.2, 0.25) is 0 Å². The van der Waals surface area contributed by atoms with Crippen LogP contribution >= 0.6 is 0 Å². The maximum atomic E-state index is 12.3. The lowest BCUT2D eigenvalue weighted by Gasteiger charge is -2.11. The highest BCUT2D eigenvalue weighted by Gasteiger charge is 2.13. The first-order valence-corrected chi connectivity index (χ1v) is 8.48. The van der Waals surface area contributed by atoms with Crippen molar-refractivity contribution in [3.63, 3.8) is 0 Å². The molecule has 0 amide bonds. The minimum Gasteiger partial charge on any atom is -0.490 e. The summed E-state index contributed by atoms with van der Waals surface area (Å²) in [5, 5.41) is 3.19. The zero-order chi connectivity index (χ0) is 14.4. The van der Waals surface area contributed by atoms with Gasteiger partial charge in [0.05, 0.1) is 24.0 Å². The molecule has 1 N–H and O–H groups in total. The van der Waals surface area contributed by atoms with Crippen LogP contribution in [-0.4, -0.2) is 36.3 Å². The van der Waals surface area contributed by atoms with E-state index in [2.05, 4.69) is 12.2 Å². The average molecular weight is 297 g/mol. The Kier molecular flexibility index (Phi) is 5.86. The Balaban J connectivity index is 1.95. The molecule has 5 heteroatoms. The van der Waals surface area contributed by atoms with Crippen LogP contribution in [0.25, 0.3) is 0 Å². The number of fused-ring (bicyclic) bond motifs is 1. The van der Waals surface area contributed by atoms with Crippen molar-refractivity contribution in [1.82, 2.24) is 5.32 Å². The molecule has 0 radical (unpaired) electrons. The summed E-state index contributed by atoms with van der Waals surface area (Å²) in [6.45, 7) is 3.47. The van der Waals surface area contributed by atoms with Crippen LogP contribution in [0.4, 0.5) is 0 Å². The van der Waals surface area contributed by atoms with Crippen molar-refractivity contribution < 1.29 is 13.7 Å². The summed E-state index contributed by atoms with van der Waals surface area (Å²) in [4.78, 5) is 0.825. The summed E-state index contributed by atoms with van der Waals surface area (Å²) in [5.41, 5.74) is 0. The Morgan fingerprint density at radius 2 is 2.05 bits per heavy atom. The molecule has 1 aromatic carbocycles. The average Bonchev–Trinajstić information content (AvgIpc) is 2.71. The van der Waals surface area contributed by atoms with E-state index in [1.165, 1.54) is 0 Å². The third kappa shape index (κ3) is 4.21. The van der Waals surface area contributed by atoms with Crippen LogP contribution in [0.2, 0.25) is 0 Å². The molecular weight excluding hydrogens is 274 g/mol. The van der Waals surface area contributed by atoms with Gasteiger partial charge in [-0.15, -0.1) is 0 Å². The third-order valence-corrected chi connectivity index (χ3v) is 4.88. The monoisotopic (exact) mass is 297 g/mol. The summed E-state index contributed by atoms with van der Waals surface area (Å²) in [5.74, 6) is 2.16. The molecule has 0 spiro atoms.